The minimum atomic E-state index is 0.0887. The summed E-state index contributed by atoms with van der Waals surface area (Å²) in [7, 11) is 0. The lowest BCUT2D eigenvalue weighted by Gasteiger charge is -2.34. The van der Waals surface area contributed by atoms with Crippen molar-refractivity contribution in [2.75, 3.05) is 0 Å². The summed E-state index contributed by atoms with van der Waals surface area (Å²) in [6, 6.07) is 41.4. The third-order valence-corrected chi connectivity index (χ3v) is 10.3. The second-order valence-electron chi connectivity index (χ2n) is 12.7. The first-order chi connectivity index (χ1) is 23.1. The maximum Gasteiger partial charge on any atom is 0.255 e. The number of nitrogens with zero attached hydrogens (tertiary/aromatic N) is 2. The van der Waals surface area contributed by atoms with Crippen molar-refractivity contribution in [1.29, 1.82) is 0 Å². The van der Waals surface area contributed by atoms with E-state index in [1.807, 2.05) is 0 Å². The van der Waals surface area contributed by atoms with Crippen LogP contribution in [-0.2, 0) is 12.8 Å². The second-order valence-corrected chi connectivity index (χ2v) is 12.7. The molecule has 0 atom stereocenters. The predicted molar refractivity (Wildman–Crippen MR) is 200 cm³/mol. The van der Waals surface area contributed by atoms with Crippen LogP contribution >= 0.6 is 0 Å². The molecule has 0 amide bonds. The van der Waals surface area contributed by atoms with Crippen LogP contribution < -0.4 is 15.7 Å². The van der Waals surface area contributed by atoms with Crippen molar-refractivity contribution in [3.05, 3.63) is 156 Å². The SMILES string of the molecule is C=C(/C=C1/Oc2ccccc2B2C1=C(C)n1c(CC)c(CC)c3cccc2c31)c1ccc2c(c1)c1ccccc1n2-c1ccccc1. The molecule has 4 heteroatoms. The van der Waals surface area contributed by atoms with Gasteiger partial charge in [0.25, 0.3) is 6.71 Å². The summed E-state index contributed by atoms with van der Waals surface area (Å²) in [4.78, 5) is 0. The highest BCUT2D eigenvalue weighted by Crippen LogP contribution is 2.40. The van der Waals surface area contributed by atoms with Crippen LogP contribution in [0.5, 0.6) is 5.75 Å². The molecule has 0 aliphatic carbocycles. The van der Waals surface area contributed by atoms with Crippen LogP contribution in [0.4, 0.5) is 0 Å². The number of fused-ring (bicyclic) bond motifs is 7. The zero-order chi connectivity index (χ0) is 31.8. The molecule has 0 spiro atoms. The predicted octanol–water partition coefficient (Wildman–Crippen LogP) is 9.25. The average Bonchev–Trinajstić information content (AvgIpc) is 3.63. The van der Waals surface area contributed by atoms with E-state index in [1.54, 1.807) is 0 Å². The smallest absolute Gasteiger partial charge is 0.255 e. The van der Waals surface area contributed by atoms with Gasteiger partial charge in [0.2, 0.25) is 0 Å². The summed E-state index contributed by atoms with van der Waals surface area (Å²) >= 11 is 0. The highest BCUT2D eigenvalue weighted by atomic mass is 16.5. The summed E-state index contributed by atoms with van der Waals surface area (Å²) < 4.78 is 11.7. The van der Waals surface area contributed by atoms with Crippen LogP contribution in [0, 0.1) is 0 Å². The fourth-order valence-electron chi connectivity index (χ4n) is 8.34. The molecule has 4 heterocycles. The highest BCUT2D eigenvalue weighted by Gasteiger charge is 2.41. The van der Waals surface area contributed by atoms with Gasteiger partial charge >= 0.3 is 0 Å². The largest absolute Gasteiger partial charge is 0.458 e. The van der Waals surface area contributed by atoms with Gasteiger partial charge in [-0.15, -0.1) is 0 Å². The molecule has 226 valence electrons. The van der Waals surface area contributed by atoms with Crippen molar-refractivity contribution in [2.24, 2.45) is 0 Å². The minimum Gasteiger partial charge on any atom is -0.458 e. The van der Waals surface area contributed by atoms with E-state index in [0.717, 1.165) is 41.2 Å². The summed E-state index contributed by atoms with van der Waals surface area (Å²) in [6.45, 7) is 11.5. The van der Waals surface area contributed by atoms with Crippen LogP contribution in [0.15, 0.2) is 139 Å². The summed E-state index contributed by atoms with van der Waals surface area (Å²) in [5, 5.41) is 3.82. The number of ether oxygens (including phenoxy) is 1. The molecule has 3 nitrogen and oxygen atoms in total. The Morgan fingerprint density at radius 1 is 0.723 bits per heavy atom. The molecule has 2 aliphatic rings. The van der Waals surface area contributed by atoms with Crippen LogP contribution in [0.1, 0.15) is 37.6 Å². The molecule has 7 aromatic rings. The molecular weight excluding hydrogens is 571 g/mol. The second kappa shape index (κ2) is 10.5. The van der Waals surface area contributed by atoms with Gasteiger partial charge in [-0.1, -0.05) is 99.3 Å². The number of benzene rings is 5. The van der Waals surface area contributed by atoms with Gasteiger partial charge in [-0.25, -0.2) is 0 Å². The molecule has 2 aliphatic heterocycles. The molecule has 0 fully saturated rings. The van der Waals surface area contributed by atoms with Crippen molar-refractivity contribution in [2.45, 2.75) is 33.6 Å². The van der Waals surface area contributed by atoms with Crippen LogP contribution in [0.25, 0.3) is 49.7 Å². The first-order valence-corrected chi connectivity index (χ1v) is 16.7. The highest BCUT2D eigenvalue weighted by molar-refractivity contribution is 6.94. The number of allylic oxidation sites excluding steroid dienone is 4. The van der Waals surface area contributed by atoms with Crippen LogP contribution in [-0.4, -0.2) is 15.8 Å². The third kappa shape index (κ3) is 3.94. The van der Waals surface area contributed by atoms with Gasteiger partial charge in [0.15, 0.2) is 0 Å². The lowest BCUT2D eigenvalue weighted by Crippen LogP contribution is -2.51. The quantitative estimate of drug-likeness (QED) is 0.179. The number of hydrogen-bond donors (Lipinski definition) is 0. The Balaban J connectivity index is 1.24. The Hall–Kier alpha value is -5.48. The van der Waals surface area contributed by atoms with Gasteiger partial charge in [-0.3, -0.25) is 0 Å². The Kier molecular flexibility index (Phi) is 6.23. The van der Waals surface area contributed by atoms with Gasteiger partial charge in [-0.05, 0) is 95.3 Å². The maximum atomic E-state index is 6.83. The van der Waals surface area contributed by atoms with Crippen molar-refractivity contribution < 1.29 is 4.74 Å². The Bertz CT molecular complexity index is 2490. The van der Waals surface area contributed by atoms with E-state index < -0.39 is 0 Å². The molecule has 0 saturated carbocycles. The fraction of sp³-hybridized carbons (Fsp3) is 0.116. The lowest BCUT2D eigenvalue weighted by molar-refractivity contribution is 0.441. The van der Waals surface area contributed by atoms with Crippen molar-refractivity contribution >= 4 is 61.6 Å². The van der Waals surface area contributed by atoms with Gasteiger partial charge in [0, 0.05) is 38.8 Å². The number of para-hydroxylation sites is 4. The first kappa shape index (κ1) is 27.8. The van der Waals surface area contributed by atoms with Crippen LogP contribution in [0.2, 0.25) is 0 Å². The number of aromatic nitrogens is 2. The Morgan fingerprint density at radius 2 is 1.45 bits per heavy atom. The maximum absolute atomic E-state index is 6.83. The van der Waals surface area contributed by atoms with E-state index in [2.05, 4.69) is 158 Å². The number of rotatable bonds is 5. The van der Waals surface area contributed by atoms with E-state index in [4.69, 9.17) is 4.74 Å². The normalized spacial score (nSPS) is 14.6. The van der Waals surface area contributed by atoms with E-state index in [1.165, 1.54) is 66.1 Å². The van der Waals surface area contributed by atoms with Crippen molar-refractivity contribution in [3.8, 4) is 11.4 Å². The molecule has 0 unspecified atom stereocenters. The van der Waals surface area contributed by atoms with Crippen molar-refractivity contribution in [3.63, 3.8) is 0 Å². The monoisotopic (exact) mass is 606 g/mol. The summed E-state index contributed by atoms with van der Waals surface area (Å²) in [6.07, 6.45) is 4.16. The molecule has 0 bridgehead atoms. The molecule has 0 saturated heterocycles. The molecule has 9 rings (SSSR count). The Labute approximate surface area is 275 Å². The van der Waals surface area contributed by atoms with Gasteiger partial charge in [0.1, 0.15) is 11.5 Å². The minimum absolute atomic E-state index is 0.0887. The molecule has 5 aromatic carbocycles. The van der Waals surface area contributed by atoms with E-state index in [9.17, 15) is 0 Å². The lowest BCUT2D eigenvalue weighted by atomic mass is 9.33. The summed E-state index contributed by atoms with van der Waals surface area (Å²) in [5.74, 6) is 1.79. The van der Waals surface area contributed by atoms with Gasteiger partial charge < -0.3 is 13.9 Å². The molecule has 47 heavy (non-hydrogen) atoms. The zero-order valence-electron chi connectivity index (χ0n) is 27.0. The summed E-state index contributed by atoms with van der Waals surface area (Å²) in [5.41, 5.74) is 14.8. The zero-order valence-corrected chi connectivity index (χ0v) is 27.0. The van der Waals surface area contributed by atoms with E-state index >= 15 is 0 Å². The van der Waals surface area contributed by atoms with E-state index in [0.29, 0.717) is 0 Å². The standard InChI is InChI=1S/C43H35BN2O/c1-5-31-33-18-14-20-36-43(33)45(37(31)6-2)28(4)42-41(47-40-22-13-11-19-35(40)44(36)42)25-27(3)29-23-24-39-34(26-29)32-17-10-12-21-38(32)46(39)30-15-8-7-9-16-30/h7-26H,3,5-6H2,1-2,4H3/b41-25+. The average molecular weight is 607 g/mol. The Morgan fingerprint density at radius 3 is 2.28 bits per heavy atom. The number of hydrogen-bond acceptors (Lipinski definition) is 1. The topological polar surface area (TPSA) is 19.1 Å². The third-order valence-electron chi connectivity index (χ3n) is 10.3. The number of aryl methyl sites for hydroxylation is 1. The fourth-order valence-corrected chi connectivity index (χ4v) is 8.34. The molecular formula is C43H35BN2O. The van der Waals surface area contributed by atoms with Gasteiger partial charge in [-0.2, -0.15) is 0 Å². The molecule has 0 N–H and O–H groups in total. The van der Waals surface area contributed by atoms with E-state index in [-0.39, 0.29) is 6.71 Å². The van der Waals surface area contributed by atoms with Crippen molar-refractivity contribution in [1.82, 2.24) is 9.13 Å². The van der Waals surface area contributed by atoms with Gasteiger partial charge in [0.05, 0.1) is 11.0 Å². The van der Waals surface area contributed by atoms with Crippen LogP contribution in [0.3, 0.4) is 0 Å². The molecule has 0 radical (unpaired) electrons. The first-order valence-electron chi connectivity index (χ1n) is 16.7. The molecule has 2 aromatic heterocycles.